The molecule has 0 radical (unpaired) electrons. The quantitative estimate of drug-likeness (QED) is 0.355. The number of aromatic nitrogens is 3. The zero-order valence-electron chi connectivity index (χ0n) is 20.1. The highest BCUT2D eigenvalue weighted by Gasteiger charge is 2.22. The minimum absolute atomic E-state index is 0.0304. The molecule has 4 rings (SSSR count). The first-order valence-electron chi connectivity index (χ1n) is 11.4. The summed E-state index contributed by atoms with van der Waals surface area (Å²) in [7, 11) is 3.26. The number of carbonyl (C=O) groups is 1. The molecule has 7 heteroatoms. The second-order valence-corrected chi connectivity index (χ2v) is 8.29. The molecule has 34 heavy (non-hydrogen) atoms. The van der Waals surface area contributed by atoms with Gasteiger partial charge in [0.15, 0.2) is 5.65 Å². The maximum atomic E-state index is 13.5. The number of rotatable bonds is 9. The maximum absolute atomic E-state index is 13.5. The highest BCUT2D eigenvalue weighted by Crippen LogP contribution is 2.26. The summed E-state index contributed by atoms with van der Waals surface area (Å²) < 4.78 is 12.6. The monoisotopic (exact) mass is 458 g/mol. The average molecular weight is 459 g/mol. The van der Waals surface area contributed by atoms with Crippen LogP contribution in [0.1, 0.15) is 41.8 Å². The molecule has 0 bridgehead atoms. The van der Waals surface area contributed by atoms with Crippen molar-refractivity contribution < 1.29 is 14.3 Å². The molecular weight excluding hydrogens is 428 g/mol. The lowest BCUT2D eigenvalue weighted by Gasteiger charge is -2.29. The van der Waals surface area contributed by atoms with E-state index in [1.807, 2.05) is 64.2 Å². The highest BCUT2D eigenvalue weighted by atomic mass is 16.5. The Bertz CT molecular complexity index is 1270. The summed E-state index contributed by atoms with van der Waals surface area (Å²) >= 11 is 0. The van der Waals surface area contributed by atoms with E-state index in [-0.39, 0.29) is 11.9 Å². The fraction of sp³-hybridized carbons (Fsp3) is 0.296. The molecule has 0 saturated carbocycles. The van der Waals surface area contributed by atoms with Crippen molar-refractivity contribution in [2.75, 3.05) is 14.2 Å². The zero-order chi connectivity index (χ0) is 24.1. The van der Waals surface area contributed by atoms with E-state index in [0.717, 1.165) is 34.4 Å². The number of fused-ring (bicyclic) bond motifs is 1. The van der Waals surface area contributed by atoms with E-state index in [0.29, 0.717) is 24.3 Å². The molecule has 2 aromatic carbocycles. The van der Waals surface area contributed by atoms with Crippen molar-refractivity contribution in [2.24, 2.45) is 0 Å². The number of amides is 1. The van der Waals surface area contributed by atoms with Gasteiger partial charge in [-0.3, -0.25) is 4.79 Å². The van der Waals surface area contributed by atoms with Crippen LogP contribution in [0, 0.1) is 0 Å². The van der Waals surface area contributed by atoms with Gasteiger partial charge in [-0.25, -0.2) is 9.67 Å². The molecule has 0 aliphatic rings. The number of hydrogen-bond donors (Lipinski definition) is 0. The Balaban J connectivity index is 1.60. The lowest BCUT2D eigenvalue weighted by molar-refractivity contribution is 0.0671. The maximum Gasteiger partial charge on any atom is 0.255 e. The summed E-state index contributed by atoms with van der Waals surface area (Å²) in [4.78, 5) is 20.0. The molecule has 1 amide bonds. The third kappa shape index (κ3) is 4.88. The van der Waals surface area contributed by atoms with Crippen LogP contribution in [0.15, 0.2) is 67.0 Å². The minimum atomic E-state index is -0.0304. The van der Waals surface area contributed by atoms with E-state index in [1.165, 1.54) is 0 Å². The molecular formula is C27H30N4O3. The molecule has 7 nitrogen and oxygen atoms in total. The fourth-order valence-electron chi connectivity index (χ4n) is 3.94. The number of benzene rings is 2. The lowest BCUT2D eigenvalue weighted by atomic mass is 10.1. The Hall–Kier alpha value is -3.87. The predicted molar refractivity (Wildman–Crippen MR) is 132 cm³/mol. The normalized spacial score (nSPS) is 11.9. The van der Waals surface area contributed by atoms with Crippen LogP contribution in [0.5, 0.6) is 11.5 Å². The SMILES string of the molecule is CCC(C)N(Cc1ccccc1)C(=O)c1cnc2c(cnn2Cc2ccc(OC)cc2OC)c1. The van der Waals surface area contributed by atoms with E-state index in [9.17, 15) is 4.79 Å². The molecule has 1 unspecified atom stereocenters. The summed E-state index contributed by atoms with van der Waals surface area (Å²) in [5.74, 6) is 1.42. The van der Waals surface area contributed by atoms with Crippen LogP contribution in [0.25, 0.3) is 11.0 Å². The van der Waals surface area contributed by atoms with E-state index in [1.54, 1.807) is 26.6 Å². The molecule has 0 aliphatic heterocycles. The van der Waals surface area contributed by atoms with Gasteiger partial charge in [-0.2, -0.15) is 5.10 Å². The second-order valence-electron chi connectivity index (χ2n) is 8.29. The van der Waals surface area contributed by atoms with Gasteiger partial charge in [-0.1, -0.05) is 37.3 Å². The van der Waals surface area contributed by atoms with Crippen molar-refractivity contribution >= 4 is 16.9 Å². The van der Waals surface area contributed by atoms with Crippen molar-refractivity contribution in [1.82, 2.24) is 19.7 Å². The molecule has 0 aliphatic carbocycles. The van der Waals surface area contributed by atoms with Gasteiger partial charge >= 0.3 is 0 Å². The summed E-state index contributed by atoms with van der Waals surface area (Å²) in [5, 5.41) is 5.34. The van der Waals surface area contributed by atoms with Gasteiger partial charge in [0.25, 0.3) is 5.91 Å². The Morgan fingerprint density at radius 2 is 1.85 bits per heavy atom. The van der Waals surface area contributed by atoms with E-state index in [2.05, 4.69) is 23.9 Å². The van der Waals surface area contributed by atoms with Crippen molar-refractivity contribution in [1.29, 1.82) is 0 Å². The van der Waals surface area contributed by atoms with Crippen molar-refractivity contribution in [3.63, 3.8) is 0 Å². The van der Waals surface area contributed by atoms with Crippen LogP contribution >= 0.6 is 0 Å². The Morgan fingerprint density at radius 1 is 1.06 bits per heavy atom. The first-order chi connectivity index (χ1) is 16.5. The number of methoxy groups -OCH3 is 2. The Morgan fingerprint density at radius 3 is 2.56 bits per heavy atom. The minimum Gasteiger partial charge on any atom is -0.497 e. The topological polar surface area (TPSA) is 69.5 Å². The van der Waals surface area contributed by atoms with Crippen molar-refractivity contribution in [2.45, 2.75) is 39.4 Å². The number of pyridine rings is 1. The molecule has 0 fully saturated rings. The standard InChI is InChI=1S/C27H30N4O3/c1-5-19(2)30(17-20-9-7-6-8-10-20)27(32)23-13-22-16-29-31(26(22)28-15-23)18-21-11-12-24(33-3)14-25(21)34-4/h6-16,19H,5,17-18H2,1-4H3. The zero-order valence-corrected chi connectivity index (χ0v) is 20.1. The third-order valence-electron chi connectivity index (χ3n) is 6.12. The van der Waals surface area contributed by atoms with E-state index >= 15 is 0 Å². The number of nitrogens with zero attached hydrogens (tertiary/aromatic N) is 4. The number of ether oxygens (including phenoxy) is 2. The van der Waals surface area contributed by atoms with E-state index in [4.69, 9.17) is 9.47 Å². The van der Waals surface area contributed by atoms with Gasteiger partial charge in [0.1, 0.15) is 11.5 Å². The summed E-state index contributed by atoms with van der Waals surface area (Å²) in [5.41, 5.74) is 3.34. The highest BCUT2D eigenvalue weighted by molar-refractivity contribution is 5.97. The second kappa shape index (κ2) is 10.4. The largest absolute Gasteiger partial charge is 0.497 e. The lowest BCUT2D eigenvalue weighted by Crippen LogP contribution is -2.37. The molecule has 4 aromatic rings. The number of hydrogen-bond acceptors (Lipinski definition) is 5. The van der Waals surface area contributed by atoms with Gasteiger partial charge in [-0.15, -0.1) is 0 Å². The van der Waals surface area contributed by atoms with Crippen LogP contribution in [0.3, 0.4) is 0 Å². The molecule has 1 atom stereocenters. The Labute approximate surface area is 199 Å². The number of carbonyl (C=O) groups excluding carboxylic acids is 1. The molecule has 0 spiro atoms. The summed E-state index contributed by atoms with van der Waals surface area (Å²) in [6, 6.07) is 17.7. The van der Waals surface area contributed by atoms with Crippen molar-refractivity contribution in [3.05, 3.63) is 83.7 Å². The molecule has 0 saturated heterocycles. The third-order valence-corrected chi connectivity index (χ3v) is 6.12. The van der Waals surface area contributed by atoms with Gasteiger partial charge in [-0.05, 0) is 37.1 Å². The predicted octanol–water partition coefficient (Wildman–Crippen LogP) is 4.94. The van der Waals surface area contributed by atoms with Gasteiger partial charge in [0.05, 0.1) is 32.5 Å². The fourth-order valence-corrected chi connectivity index (χ4v) is 3.94. The smallest absolute Gasteiger partial charge is 0.255 e. The first-order valence-corrected chi connectivity index (χ1v) is 11.4. The summed E-state index contributed by atoms with van der Waals surface area (Å²) in [6.45, 7) is 5.22. The Kier molecular flexibility index (Phi) is 7.11. The van der Waals surface area contributed by atoms with Crippen LogP contribution < -0.4 is 9.47 Å². The first kappa shape index (κ1) is 23.3. The van der Waals surface area contributed by atoms with Crippen LogP contribution in [0.4, 0.5) is 0 Å². The molecule has 2 heterocycles. The van der Waals surface area contributed by atoms with Gasteiger partial charge in [0, 0.05) is 35.8 Å². The van der Waals surface area contributed by atoms with Gasteiger partial charge < -0.3 is 14.4 Å². The van der Waals surface area contributed by atoms with Crippen LogP contribution in [0.2, 0.25) is 0 Å². The van der Waals surface area contributed by atoms with Gasteiger partial charge in [0.2, 0.25) is 0 Å². The average Bonchev–Trinajstić information content (AvgIpc) is 3.29. The van der Waals surface area contributed by atoms with Crippen LogP contribution in [-0.2, 0) is 13.1 Å². The molecule has 176 valence electrons. The van der Waals surface area contributed by atoms with E-state index < -0.39 is 0 Å². The molecule has 0 N–H and O–H groups in total. The summed E-state index contributed by atoms with van der Waals surface area (Å²) in [6.07, 6.45) is 4.27. The van der Waals surface area contributed by atoms with Crippen molar-refractivity contribution in [3.8, 4) is 11.5 Å². The molecule has 2 aromatic heterocycles. The van der Waals surface area contributed by atoms with Crippen LogP contribution in [-0.4, -0.2) is 45.8 Å².